The fourth-order valence-electron chi connectivity index (χ4n) is 2.13. The van der Waals surface area contributed by atoms with Crippen molar-refractivity contribution >= 4 is 11.1 Å². The van der Waals surface area contributed by atoms with Crippen molar-refractivity contribution in [2.45, 2.75) is 51.4 Å². The van der Waals surface area contributed by atoms with Crippen molar-refractivity contribution in [2.24, 2.45) is 5.92 Å². The summed E-state index contributed by atoms with van der Waals surface area (Å²) < 4.78 is 18.9. The van der Waals surface area contributed by atoms with Gasteiger partial charge in [0.05, 0.1) is 0 Å². The Hall–Kier alpha value is 0.110. The largest absolute Gasteiger partial charge is 0.306 e. The standard InChI is InChI=1S/C10H20O2S/c11-13(12)9-5-1-2-6-10-7-3-4-8-10/h10H,1-9H2,(H,11,12). The number of rotatable bonds is 6. The van der Waals surface area contributed by atoms with Crippen LogP contribution in [-0.4, -0.2) is 14.5 Å². The van der Waals surface area contributed by atoms with E-state index >= 15 is 0 Å². The third-order valence-electron chi connectivity index (χ3n) is 2.91. The molecule has 1 aliphatic rings. The van der Waals surface area contributed by atoms with Crippen molar-refractivity contribution in [3.8, 4) is 0 Å². The third-order valence-corrected chi connectivity index (χ3v) is 3.54. The number of hydrogen-bond donors (Lipinski definition) is 1. The molecule has 1 saturated carbocycles. The second-order valence-corrected chi connectivity index (χ2v) is 5.08. The van der Waals surface area contributed by atoms with Crippen LogP contribution >= 0.6 is 0 Å². The number of hydrogen-bond acceptors (Lipinski definition) is 1. The summed E-state index contributed by atoms with van der Waals surface area (Å²) in [5, 5.41) is 0. The van der Waals surface area contributed by atoms with E-state index in [4.69, 9.17) is 4.55 Å². The quantitative estimate of drug-likeness (QED) is 0.533. The van der Waals surface area contributed by atoms with Gasteiger partial charge in [0.1, 0.15) is 0 Å². The average Bonchev–Trinajstić information content (AvgIpc) is 2.55. The van der Waals surface area contributed by atoms with E-state index < -0.39 is 11.1 Å². The van der Waals surface area contributed by atoms with Crippen LogP contribution in [0.3, 0.4) is 0 Å². The molecule has 78 valence electrons. The van der Waals surface area contributed by atoms with Crippen molar-refractivity contribution < 1.29 is 8.76 Å². The maximum absolute atomic E-state index is 10.3. The van der Waals surface area contributed by atoms with E-state index in [9.17, 15) is 4.21 Å². The van der Waals surface area contributed by atoms with E-state index in [0.29, 0.717) is 5.75 Å². The summed E-state index contributed by atoms with van der Waals surface area (Å²) in [4.78, 5) is 0. The van der Waals surface area contributed by atoms with Gasteiger partial charge in [-0.2, -0.15) is 0 Å². The minimum absolute atomic E-state index is 0.463. The Balaban J connectivity index is 1.86. The molecule has 1 N–H and O–H groups in total. The van der Waals surface area contributed by atoms with E-state index in [1.165, 1.54) is 38.5 Å². The Labute approximate surface area is 83.4 Å². The predicted octanol–water partition coefficient (Wildman–Crippen LogP) is 2.96. The minimum atomic E-state index is -1.57. The fourth-order valence-corrected chi connectivity index (χ4v) is 2.59. The maximum atomic E-state index is 10.3. The van der Waals surface area contributed by atoms with E-state index in [1.54, 1.807) is 0 Å². The Kier molecular flexibility index (Phi) is 5.63. The van der Waals surface area contributed by atoms with Gasteiger partial charge in [-0.25, -0.2) is 4.21 Å². The fraction of sp³-hybridized carbons (Fsp3) is 1.00. The zero-order valence-electron chi connectivity index (χ0n) is 8.21. The van der Waals surface area contributed by atoms with Gasteiger partial charge >= 0.3 is 0 Å². The minimum Gasteiger partial charge on any atom is -0.306 e. The topological polar surface area (TPSA) is 37.3 Å². The molecule has 0 spiro atoms. The SMILES string of the molecule is O=S(O)CCCCCC1CCCC1. The van der Waals surface area contributed by atoms with E-state index in [2.05, 4.69) is 0 Å². The van der Waals surface area contributed by atoms with Crippen molar-refractivity contribution in [1.29, 1.82) is 0 Å². The van der Waals surface area contributed by atoms with E-state index in [0.717, 1.165) is 18.8 Å². The van der Waals surface area contributed by atoms with Crippen LogP contribution in [0.1, 0.15) is 51.4 Å². The molecule has 1 rings (SSSR count). The van der Waals surface area contributed by atoms with Crippen LogP contribution in [-0.2, 0) is 11.1 Å². The molecular formula is C10H20O2S. The maximum Gasteiger partial charge on any atom is 0.152 e. The lowest BCUT2D eigenvalue weighted by Crippen LogP contribution is -1.96. The molecule has 1 aliphatic carbocycles. The van der Waals surface area contributed by atoms with Gasteiger partial charge < -0.3 is 4.55 Å². The van der Waals surface area contributed by atoms with Crippen LogP contribution in [0.5, 0.6) is 0 Å². The molecule has 0 aromatic carbocycles. The summed E-state index contributed by atoms with van der Waals surface area (Å²) in [7, 11) is 0. The molecule has 2 nitrogen and oxygen atoms in total. The molecule has 1 unspecified atom stereocenters. The molecule has 1 fully saturated rings. The zero-order chi connectivity index (χ0) is 9.52. The van der Waals surface area contributed by atoms with Crippen LogP contribution in [0.2, 0.25) is 0 Å². The predicted molar refractivity (Wildman–Crippen MR) is 56.1 cm³/mol. The van der Waals surface area contributed by atoms with Gasteiger partial charge in [0.25, 0.3) is 0 Å². The van der Waals surface area contributed by atoms with Gasteiger partial charge in [-0.3, -0.25) is 0 Å². The van der Waals surface area contributed by atoms with Gasteiger partial charge in [0.2, 0.25) is 0 Å². The van der Waals surface area contributed by atoms with Gasteiger partial charge in [0.15, 0.2) is 11.1 Å². The van der Waals surface area contributed by atoms with Crippen LogP contribution < -0.4 is 0 Å². The molecule has 0 radical (unpaired) electrons. The molecule has 0 aromatic heterocycles. The highest BCUT2D eigenvalue weighted by Gasteiger charge is 2.13. The molecular weight excluding hydrogens is 184 g/mol. The first-order valence-corrected chi connectivity index (χ1v) is 6.64. The first kappa shape index (κ1) is 11.2. The third kappa shape index (κ3) is 5.42. The summed E-state index contributed by atoms with van der Waals surface area (Å²) in [6, 6.07) is 0. The summed E-state index contributed by atoms with van der Waals surface area (Å²) in [5.74, 6) is 1.43. The van der Waals surface area contributed by atoms with Gasteiger partial charge in [-0.15, -0.1) is 0 Å². The van der Waals surface area contributed by atoms with E-state index in [1.807, 2.05) is 0 Å². The van der Waals surface area contributed by atoms with Gasteiger partial charge in [0, 0.05) is 5.75 Å². The lowest BCUT2D eigenvalue weighted by Gasteiger charge is -2.07. The zero-order valence-corrected chi connectivity index (χ0v) is 9.02. The molecule has 1 atom stereocenters. The van der Waals surface area contributed by atoms with Crippen LogP contribution in [0.25, 0.3) is 0 Å². The van der Waals surface area contributed by atoms with Crippen molar-refractivity contribution in [2.75, 3.05) is 5.75 Å². The molecule has 0 aliphatic heterocycles. The summed E-state index contributed by atoms with van der Waals surface area (Å²) in [5.41, 5.74) is 0. The molecule has 0 amide bonds. The molecule has 13 heavy (non-hydrogen) atoms. The molecule has 0 saturated heterocycles. The lowest BCUT2D eigenvalue weighted by molar-refractivity contribution is 0.470. The average molecular weight is 204 g/mol. The van der Waals surface area contributed by atoms with Gasteiger partial charge in [-0.05, 0) is 12.3 Å². The monoisotopic (exact) mass is 204 g/mol. The Bertz CT molecular complexity index is 153. The summed E-state index contributed by atoms with van der Waals surface area (Å²) >= 11 is -1.57. The lowest BCUT2D eigenvalue weighted by atomic mass is 10.0. The summed E-state index contributed by atoms with van der Waals surface area (Å²) in [6.45, 7) is 0. The Morgan fingerprint density at radius 3 is 2.46 bits per heavy atom. The Morgan fingerprint density at radius 2 is 1.85 bits per heavy atom. The highest BCUT2D eigenvalue weighted by Crippen LogP contribution is 2.28. The number of unbranched alkanes of at least 4 members (excludes halogenated alkanes) is 2. The van der Waals surface area contributed by atoms with Crippen molar-refractivity contribution in [3.63, 3.8) is 0 Å². The van der Waals surface area contributed by atoms with E-state index in [-0.39, 0.29) is 0 Å². The van der Waals surface area contributed by atoms with Crippen LogP contribution in [0, 0.1) is 5.92 Å². The Morgan fingerprint density at radius 1 is 1.15 bits per heavy atom. The van der Waals surface area contributed by atoms with Crippen LogP contribution in [0.4, 0.5) is 0 Å². The first-order valence-electron chi connectivity index (χ1n) is 5.36. The second kappa shape index (κ2) is 6.55. The molecule has 0 aromatic rings. The second-order valence-electron chi connectivity index (χ2n) is 4.03. The van der Waals surface area contributed by atoms with Crippen LogP contribution in [0.15, 0.2) is 0 Å². The normalized spacial score (nSPS) is 20.7. The summed E-state index contributed by atoms with van der Waals surface area (Å²) in [6.07, 6.45) is 10.3. The van der Waals surface area contributed by atoms with Crippen molar-refractivity contribution in [1.82, 2.24) is 0 Å². The highest BCUT2D eigenvalue weighted by molar-refractivity contribution is 7.79. The van der Waals surface area contributed by atoms with Crippen molar-refractivity contribution in [3.05, 3.63) is 0 Å². The first-order chi connectivity index (χ1) is 6.29. The molecule has 0 bridgehead atoms. The molecule has 0 heterocycles. The van der Waals surface area contributed by atoms with Gasteiger partial charge in [-0.1, -0.05) is 44.9 Å². The molecule has 3 heteroatoms. The smallest absolute Gasteiger partial charge is 0.152 e. The highest BCUT2D eigenvalue weighted by atomic mass is 32.2.